The first-order valence-corrected chi connectivity index (χ1v) is 7.73. The van der Waals surface area contributed by atoms with Crippen LogP contribution >= 0.6 is 0 Å². The van der Waals surface area contributed by atoms with Gasteiger partial charge in [-0.15, -0.1) is 0 Å². The molecule has 0 aliphatic rings. The van der Waals surface area contributed by atoms with Crippen LogP contribution in [0, 0.1) is 0 Å². The molecule has 3 heteroatoms. The lowest BCUT2D eigenvalue weighted by Crippen LogP contribution is -1.97. The number of phenolic OH excluding ortho intramolecular Hbond substituents is 1. The lowest BCUT2D eigenvalue weighted by atomic mass is 9.97. The first kappa shape index (κ1) is 18.2. The zero-order chi connectivity index (χ0) is 16.5. The Morgan fingerprint density at radius 2 is 2.00 bits per heavy atom. The molecule has 3 nitrogen and oxygen atoms in total. The van der Waals surface area contributed by atoms with Gasteiger partial charge in [-0.05, 0) is 63.6 Å². The lowest BCUT2D eigenvalue weighted by Gasteiger charge is -2.09. The van der Waals surface area contributed by atoms with E-state index in [4.69, 9.17) is 0 Å². The molecule has 0 saturated carbocycles. The van der Waals surface area contributed by atoms with Crippen LogP contribution in [0.25, 0.3) is 6.08 Å². The Kier molecular flexibility index (Phi) is 7.61. The van der Waals surface area contributed by atoms with Crippen molar-refractivity contribution in [3.8, 4) is 5.75 Å². The zero-order valence-electron chi connectivity index (χ0n) is 13.7. The van der Waals surface area contributed by atoms with Crippen molar-refractivity contribution in [3.05, 3.63) is 46.5 Å². The number of aromatic hydroxyl groups is 1. The van der Waals surface area contributed by atoms with Crippen LogP contribution in [0.3, 0.4) is 0 Å². The fourth-order valence-electron chi connectivity index (χ4n) is 2.22. The Bertz CT molecular complexity index is 550. The van der Waals surface area contributed by atoms with E-state index < -0.39 is 0 Å². The number of unbranched alkanes of at least 4 members (excludes halogenated alkanes) is 1. The summed E-state index contributed by atoms with van der Waals surface area (Å²) >= 11 is 0. The maximum atomic E-state index is 11.3. The van der Waals surface area contributed by atoms with E-state index in [9.17, 15) is 15.0 Å². The number of benzene rings is 1. The van der Waals surface area contributed by atoms with Crippen LogP contribution in [0.5, 0.6) is 5.75 Å². The highest BCUT2D eigenvalue weighted by Gasteiger charge is 2.09. The van der Waals surface area contributed by atoms with Crippen molar-refractivity contribution in [1.82, 2.24) is 0 Å². The minimum absolute atomic E-state index is 0.0135. The van der Waals surface area contributed by atoms with Gasteiger partial charge in [0.1, 0.15) is 5.75 Å². The molecule has 0 fully saturated rings. The van der Waals surface area contributed by atoms with E-state index in [0.717, 1.165) is 36.8 Å². The van der Waals surface area contributed by atoms with Crippen LogP contribution < -0.4 is 0 Å². The number of carbonyl (C=O) groups is 1. The molecule has 0 aromatic heterocycles. The lowest BCUT2D eigenvalue weighted by molar-refractivity contribution is 0.112. The number of carbonyl (C=O) groups excluding carboxylic acids is 1. The number of aldehydes is 1. The zero-order valence-corrected chi connectivity index (χ0v) is 13.7. The number of aliphatic hydroxyl groups excluding tert-OH is 1. The van der Waals surface area contributed by atoms with Crippen LogP contribution in [0.4, 0.5) is 0 Å². The van der Waals surface area contributed by atoms with Crippen molar-refractivity contribution in [2.45, 2.75) is 52.6 Å². The number of hydrogen-bond donors (Lipinski definition) is 2. The molecular formula is C19H26O3. The number of hydrogen-bond acceptors (Lipinski definition) is 3. The van der Waals surface area contributed by atoms with Crippen molar-refractivity contribution in [2.24, 2.45) is 0 Å². The second kappa shape index (κ2) is 9.21. The van der Waals surface area contributed by atoms with Crippen molar-refractivity contribution in [2.75, 3.05) is 0 Å². The number of allylic oxidation sites excluding steroid dienone is 3. The molecule has 0 unspecified atom stereocenters. The van der Waals surface area contributed by atoms with Gasteiger partial charge in [0.15, 0.2) is 6.29 Å². The highest BCUT2D eigenvalue weighted by Crippen LogP contribution is 2.25. The highest BCUT2D eigenvalue weighted by molar-refractivity contribution is 5.86. The maximum Gasteiger partial charge on any atom is 0.154 e. The maximum absolute atomic E-state index is 11.3. The Hall–Kier alpha value is -1.87. The van der Waals surface area contributed by atoms with Crippen molar-refractivity contribution in [3.63, 3.8) is 0 Å². The molecule has 2 N–H and O–H groups in total. The van der Waals surface area contributed by atoms with Crippen molar-refractivity contribution in [1.29, 1.82) is 0 Å². The number of phenols is 1. The molecule has 0 spiro atoms. The molecule has 1 aromatic carbocycles. The van der Waals surface area contributed by atoms with E-state index in [1.54, 1.807) is 13.0 Å². The van der Waals surface area contributed by atoms with Crippen molar-refractivity contribution >= 4 is 12.4 Å². The second-order valence-corrected chi connectivity index (χ2v) is 5.86. The molecule has 1 rings (SSSR count). The second-order valence-electron chi connectivity index (χ2n) is 5.86. The van der Waals surface area contributed by atoms with Gasteiger partial charge in [-0.1, -0.05) is 29.9 Å². The molecule has 0 aliphatic carbocycles. The summed E-state index contributed by atoms with van der Waals surface area (Å²) in [4.78, 5) is 11.3. The molecule has 0 bridgehead atoms. The fourth-order valence-corrected chi connectivity index (χ4v) is 2.22. The summed E-state index contributed by atoms with van der Waals surface area (Å²) in [6.45, 7) is 5.85. The molecule has 0 heterocycles. The van der Waals surface area contributed by atoms with Gasteiger partial charge < -0.3 is 10.2 Å². The van der Waals surface area contributed by atoms with E-state index in [0.29, 0.717) is 11.8 Å². The Morgan fingerprint density at radius 3 is 2.59 bits per heavy atom. The molecule has 0 aliphatic heterocycles. The Labute approximate surface area is 133 Å². The largest absolute Gasteiger partial charge is 0.507 e. The normalized spacial score (nSPS) is 12.4. The van der Waals surface area contributed by atoms with Gasteiger partial charge in [0.25, 0.3) is 0 Å². The molecule has 22 heavy (non-hydrogen) atoms. The van der Waals surface area contributed by atoms with Gasteiger partial charge in [0.2, 0.25) is 0 Å². The van der Waals surface area contributed by atoms with E-state index >= 15 is 0 Å². The van der Waals surface area contributed by atoms with Gasteiger partial charge >= 0.3 is 0 Å². The Balaban J connectivity index is 2.97. The smallest absolute Gasteiger partial charge is 0.154 e. The molecule has 1 atom stereocenters. The van der Waals surface area contributed by atoms with Crippen LogP contribution in [0.15, 0.2) is 29.9 Å². The van der Waals surface area contributed by atoms with Gasteiger partial charge in [-0.25, -0.2) is 0 Å². The predicted molar refractivity (Wildman–Crippen MR) is 91.2 cm³/mol. The third kappa shape index (κ3) is 5.86. The molecule has 1 aromatic rings. The van der Waals surface area contributed by atoms with Gasteiger partial charge in [-0.3, -0.25) is 4.79 Å². The molecule has 120 valence electrons. The SMILES string of the molecule is CC(C)=CCc1ccc(O)c(C=O)c1C=CCCC[C@H](C)O. The number of aliphatic hydroxyl groups is 1. The van der Waals surface area contributed by atoms with E-state index in [1.807, 2.05) is 32.1 Å². The van der Waals surface area contributed by atoms with Crippen LogP contribution in [0.1, 0.15) is 61.5 Å². The number of rotatable bonds is 8. The minimum atomic E-state index is -0.284. The van der Waals surface area contributed by atoms with Crippen LogP contribution in [-0.2, 0) is 6.42 Å². The summed E-state index contributed by atoms with van der Waals surface area (Å²) < 4.78 is 0. The third-order valence-corrected chi connectivity index (χ3v) is 3.48. The summed E-state index contributed by atoms with van der Waals surface area (Å²) in [5.41, 5.74) is 3.36. The quantitative estimate of drug-likeness (QED) is 0.428. The molecule has 0 amide bonds. The van der Waals surface area contributed by atoms with Crippen molar-refractivity contribution < 1.29 is 15.0 Å². The first-order valence-electron chi connectivity index (χ1n) is 7.73. The third-order valence-electron chi connectivity index (χ3n) is 3.48. The van der Waals surface area contributed by atoms with E-state index in [-0.39, 0.29) is 11.9 Å². The summed E-state index contributed by atoms with van der Waals surface area (Å²) in [5.74, 6) is 0.0135. The first-order chi connectivity index (χ1) is 10.5. The summed E-state index contributed by atoms with van der Waals surface area (Å²) in [5, 5.41) is 19.1. The fraction of sp³-hybridized carbons (Fsp3) is 0.421. The Morgan fingerprint density at radius 1 is 1.27 bits per heavy atom. The summed E-state index contributed by atoms with van der Waals surface area (Å²) in [7, 11) is 0. The average Bonchev–Trinajstić information content (AvgIpc) is 2.45. The van der Waals surface area contributed by atoms with E-state index in [2.05, 4.69) is 6.08 Å². The predicted octanol–water partition coefficient (Wildman–Crippen LogP) is 4.28. The van der Waals surface area contributed by atoms with Crippen LogP contribution in [-0.4, -0.2) is 22.6 Å². The summed E-state index contributed by atoms with van der Waals surface area (Å²) in [6, 6.07) is 3.43. The summed E-state index contributed by atoms with van der Waals surface area (Å²) in [6.07, 6.45) is 9.64. The highest BCUT2D eigenvalue weighted by atomic mass is 16.3. The average molecular weight is 302 g/mol. The topological polar surface area (TPSA) is 57.5 Å². The molecule has 0 radical (unpaired) electrons. The van der Waals surface area contributed by atoms with Gasteiger partial charge in [-0.2, -0.15) is 0 Å². The molecule has 0 saturated heterocycles. The van der Waals surface area contributed by atoms with Crippen LogP contribution in [0.2, 0.25) is 0 Å². The van der Waals surface area contributed by atoms with Gasteiger partial charge in [0.05, 0.1) is 11.7 Å². The minimum Gasteiger partial charge on any atom is -0.507 e. The standard InChI is InChI=1S/C19H26O3/c1-14(2)9-10-16-11-12-19(22)18(13-20)17(16)8-6-4-5-7-15(3)21/h6,8-9,11-13,15,21-22H,4-5,7,10H2,1-3H3/t15-/m0/s1. The van der Waals surface area contributed by atoms with E-state index in [1.165, 1.54) is 5.57 Å². The monoisotopic (exact) mass is 302 g/mol. The molecular weight excluding hydrogens is 276 g/mol. The van der Waals surface area contributed by atoms with Gasteiger partial charge in [0, 0.05) is 0 Å².